The number of rotatable bonds is 5. The molecule has 3 nitrogen and oxygen atoms in total. The second kappa shape index (κ2) is 7.38. The molecule has 0 aromatic heterocycles. The Kier molecular flexibility index (Phi) is 5.53. The number of carbonyl (C=O) groups is 1. The van der Waals surface area contributed by atoms with E-state index in [-0.39, 0.29) is 11.9 Å². The molecule has 0 aliphatic carbocycles. The summed E-state index contributed by atoms with van der Waals surface area (Å²) in [6, 6.07) is 16.4. The molecular formula is C17H19BrN2O. The predicted octanol–water partition coefficient (Wildman–Crippen LogP) is 4.26. The van der Waals surface area contributed by atoms with Crippen LogP contribution in [0.4, 0.5) is 5.69 Å². The highest BCUT2D eigenvalue weighted by molar-refractivity contribution is 9.10. The van der Waals surface area contributed by atoms with E-state index in [4.69, 9.17) is 0 Å². The summed E-state index contributed by atoms with van der Waals surface area (Å²) in [5.41, 5.74) is 3.25. The fraction of sp³-hybridized carbons (Fsp3) is 0.235. The topological polar surface area (TPSA) is 41.1 Å². The van der Waals surface area contributed by atoms with Crippen molar-refractivity contribution in [2.24, 2.45) is 0 Å². The molecule has 0 bridgehead atoms. The minimum absolute atomic E-state index is 0.0524. The normalized spacial score (nSPS) is 12.0. The van der Waals surface area contributed by atoms with Crippen molar-refractivity contribution in [2.75, 3.05) is 5.32 Å². The molecule has 0 radical (unpaired) electrons. The lowest BCUT2D eigenvalue weighted by atomic mass is 10.1. The van der Waals surface area contributed by atoms with E-state index in [1.54, 1.807) is 0 Å². The zero-order valence-electron chi connectivity index (χ0n) is 12.2. The number of hydrogen-bond donors (Lipinski definition) is 2. The molecule has 0 aliphatic heterocycles. The van der Waals surface area contributed by atoms with Gasteiger partial charge in [-0.25, -0.2) is 0 Å². The maximum atomic E-state index is 11.0. The molecule has 2 N–H and O–H groups in total. The lowest BCUT2D eigenvalue weighted by Crippen LogP contribution is -2.18. The third-order valence-electron chi connectivity index (χ3n) is 3.26. The number of nitrogens with one attached hydrogen (secondary N) is 2. The van der Waals surface area contributed by atoms with Crippen molar-refractivity contribution >= 4 is 27.5 Å². The molecule has 0 spiro atoms. The Hall–Kier alpha value is -1.65. The molecule has 0 unspecified atom stereocenters. The Morgan fingerprint density at radius 3 is 2.43 bits per heavy atom. The first kappa shape index (κ1) is 15.7. The van der Waals surface area contributed by atoms with Crippen LogP contribution in [0.15, 0.2) is 53.0 Å². The Labute approximate surface area is 133 Å². The van der Waals surface area contributed by atoms with Gasteiger partial charge in [-0.15, -0.1) is 0 Å². The van der Waals surface area contributed by atoms with Gasteiger partial charge in [-0.3, -0.25) is 4.79 Å². The minimum atomic E-state index is -0.0524. The quantitative estimate of drug-likeness (QED) is 0.849. The summed E-state index contributed by atoms with van der Waals surface area (Å²) in [4.78, 5) is 11.0. The van der Waals surface area contributed by atoms with Crippen LogP contribution in [0, 0.1) is 0 Å². The average molecular weight is 347 g/mol. The predicted molar refractivity (Wildman–Crippen MR) is 90.1 cm³/mol. The molecule has 0 aliphatic rings. The largest absolute Gasteiger partial charge is 0.326 e. The van der Waals surface area contributed by atoms with Crippen LogP contribution in [0.1, 0.15) is 31.0 Å². The van der Waals surface area contributed by atoms with E-state index in [1.165, 1.54) is 18.1 Å². The third kappa shape index (κ3) is 4.69. The molecule has 1 atom stereocenters. The van der Waals surface area contributed by atoms with Crippen molar-refractivity contribution < 1.29 is 4.79 Å². The summed E-state index contributed by atoms with van der Waals surface area (Å²) >= 11 is 3.58. The van der Waals surface area contributed by atoms with Crippen LogP contribution in [-0.2, 0) is 11.3 Å². The van der Waals surface area contributed by atoms with Gasteiger partial charge in [0.2, 0.25) is 5.91 Å². The fourth-order valence-corrected chi connectivity index (χ4v) is 2.74. The van der Waals surface area contributed by atoms with Gasteiger partial charge in [0, 0.05) is 29.7 Å². The average Bonchev–Trinajstić information content (AvgIpc) is 2.46. The lowest BCUT2D eigenvalue weighted by molar-refractivity contribution is -0.114. The van der Waals surface area contributed by atoms with E-state index in [1.807, 2.05) is 36.4 Å². The monoisotopic (exact) mass is 346 g/mol. The molecule has 21 heavy (non-hydrogen) atoms. The molecule has 2 aromatic rings. The van der Waals surface area contributed by atoms with Crippen molar-refractivity contribution in [1.29, 1.82) is 0 Å². The Morgan fingerprint density at radius 2 is 1.81 bits per heavy atom. The summed E-state index contributed by atoms with van der Waals surface area (Å²) in [6.45, 7) is 4.43. The summed E-state index contributed by atoms with van der Waals surface area (Å²) in [5, 5.41) is 6.26. The number of anilines is 1. The number of carbonyl (C=O) groups excluding carboxylic acids is 1. The molecule has 0 fully saturated rings. The first-order valence-electron chi connectivity index (χ1n) is 6.90. The van der Waals surface area contributed by atoms with Crippen molar-refractivity contribution in [3.05, 3.63) is 64.1 Å². The summed E-state index contributed by atoms with van der Waals surface area (Å²) in [7, 11) is 0. The smallest absolute Gasteiger partial charge is 0.221 e. The van der Waals surface area contributed by atoms with Gasteiger partial charge in [-0.05, 0) is 36.2 Å². The van der Waals surface area contributed by atoms with Gasteiger partial charge < -0.3 is 10.6 Å². The molecular weight excluding hydrogens is 328 g/mol. The first-order valence-corrected chi connectivity index (χ1v) is 7.70. The van der Waals surface area contributed by atoms with Gasteiger partial charge in [0.05, 0.1) is 0 Å². The van der Waals surface area contributed by atoms with E-state index >= 15 is 0 Å². The molecule has 0 saturated heterocycles. The Balaban J connectivity index is 1.94. The number of benzene rings is 2. The first-order chi connectivity index (χ1) is 10.1. The Morgan fingerprint density at radius 1 is 1.14 bits per heavy atom. The molecule has 0 saturated carbocycles. The van der Waals surface area contributed by atoms with Crippen LogP contribution in [-0.4, -0.2) is 5.91 Å². The molecule has 2 rings (SSSR count). The lowest BCUT2D eigenvalue weighted by Gasteiger charge is -2.16. The van der Waals surface area contributed by atoms with Crippen LogP contribution >= 0.6 is 15.9 Å². The van der Waals surface area contributed by atoms with E-state index in [9.17, 15) is 4.79 Å². The summed E-state index contributed by atoms with van der Waals surface area (Å²) in [6.07, 6.45) is 0. The number of amides is 1. The van der Waals surface area contributed by atoms with Gasteiger partial charge in [-0.2, -0.15) is 0 Å². The van der Waals surface area contributed by atoms with E-state index in [0.717, 1.165) is 16.7 Å². The third-order valence-corrected chi connectivity index (χ3v) is 3.98. The van der Waals surface area contributed by atoms with Crippen LogP contribution in [0.5, 0.6) is 0 Å². The van der Waals surface area contributed by atoms with Gasteiger partial charge in [-0.1, -0.05) is 46.3 Å². The zero-order valence-corrected chi connectivity index (χ0v) is 13.8. The van der Waals surface area contributed by atoms with Crippen LogP contribution < -0.4 is 10.6 Å². The highest BCUT2D eigenvalue weighted by atomic mass is 79.9. The summed E-state index contributed by atoms with van der Waals surface area (Å²) < 4.78 is 1.12. The van der Waals surface area contributed by atoms with E-state index < -0.39 is 0 Å². The molecule has 110 valence electrons. The van der Waals surface area contributed by atoms with Gasteiger partial charge in [0.25, 0.3) is 0 Å². The van der Waals surface area contributed by atoms with Crippen molar-refractivity contribution in [2.45, 2.75) is 26.4 Å². The van der Waals surface area contributed by atoms with Crippen molar-refractivity contribution in [3.8, 4) is 0 Å². The highest BCUT2D eigenvalue weighted by Gasteiger charge is 2.07. The summed E-state index contributed by atoms with van der Waals surface area (Å²) in [5.74, 6) is -0.0524. The Bertz CT molecular complexity index is 610. The molecule has 4 heteroatoms. The van der Waals surface area contributed by atoms with Crippen molar-refractivity contribution in [3.63, 3.8) is 0 Å². The van der Waals surface area contributed by atoms with Gasteiger partial charge >= 0.3 is 0 Å². The number of halogens is 1. The number of hydrogen-bond acceptors (Lipinski definition) is 2. The van der Waals surface area contributed by atoms with Crippen molar-refractivity contribution in [1.82, 2.24) is 5.32 Å². The maximum Gasteiger partial charge on any atom is 0.221 e. The van der Waals surface area contributed by atoms with Crippen LogP contribution in [0.25, 0.3) is 0 Å². The van der Waals surface area contributed by atoms with Crippen LogP contribution in [0.2, 0.25) is 0 Å². The standard InChI is InChI=1S/C17H19BrN2O/c1-12(16-5-3-4-6-17(16)18)19-11-14-7-9-15(10-8-14)20-13(2)21/h3-10,12,19H,11H2,1-2H3,(H,20,21)/t12-/m1/s1. The maximum absolute atomic E-state index is 11.0. The van der Waals surface area contributed by atoms with Crippen LogP contribution in [0.3, 0.4) is 0 Å². The van der Waals surface area contributed by atoms with Gasteiger partial charge in [0.1, 0.15) is 0 Å². The molecule has 2 aromatic carbocycles. The fourth-order valence-electron chi connectivity index (χ4n) is 2.12. The molecule has 1 amide bonds. The second-order valence-electron chi connectivity index (χ2n) is 5.00. The second-order valence-corrected chi connectivity index (χ2v) is 5.86. The highest BCUT2D eigenvalue weighted by Crippen LogP contribution is 2.23. The van der Waals surface area contributed by atoms with Gasteiger partial charge in [0.15, 0.2) is 0 Å². The minimum Gasteiger partial charge on any atom is -0.326 e. The zero-order chi connectivity index (χ0) is 15.2. The SMILES string of the molecule is CC(=O)Nc1ccc(CN[C@H](C)c2ccccc2Br)cc1. The molecule has 0 heterocycles. The van der Waals surface area contributed by atoms with E-state index in [2.05, 4.69) is 45.6 Å². The van der Waals surface area contributed by atoms with E-state index in [0.29, 0.717) is 0 Å².